The number of benzene rings is 1. The van der Waals surface area contributed by atoms with Gasteiger partial charge in [-0.05, 0) is 37.6 Å². The summed E-state index contributed by atoms with van der Waals surface area (Å²) in [4.78, 5) is 21.9. The van der Waals surface area contributed by atoms with Crippen LogP contribution >= 0.6 is 11.6 Å². The fraction of sp³-hybridized carbons (Fsp3) is 0.0952. The molecule has 0 bridgehead atoms. The van der Waals surface area contributed by atoms with E-state index in [0.29, 0.717) is 28.0 Å². The van der Waals surface area contributed by atoms with Gasteiger partial charge in [-0.2, -0.15) is 0 Å². The van der Waals surface area contributed by atoms with Gasteiger partial charge in [0.05, 0.1) is 0 Å². The fourth-order valence-corrected chi connectivity index (χ4v) is 3.10. The molecule has 0 atom stereocenters. The minimum Gasteiger partial charge on any atom is -0.305 e. The van der Waals surface area contributed by atoms with Crippen molar-refractivity contribution in [3.63, 3.8) is 0 Å². The molecule has 0 aliphatic heterocycles. The number of aromatic nitrogens is 3. The number of carbonyl (C=O) groups excluding carboxylic acids is 1. The van der Waals surface area contributed by atoms with E-state index in [0.717, 1.165) is 16.7 Å². The van der Waals surface area contributed by atoms with E-state index in [1.807, 2.05) is 60.8 Å². The van der Waals surface area contributed by atoms with E-state index in [1.165, 1.54) is 0 Å². The molecule has 3 aromatic heterocycles. The van der Waals surface area contributed by atoms with Gasteiger partial charge < -0.3 is 5.32 Å². The van der Waals surface area contributed by atoms with Gasteiger partial charge in [-0.3, -0.25) is 9.20 Å². The Labute approximate surface area is 161 Å². The van der Waals surface area contributed by atoms with Crippen molar-refractivity contribution < 1.29 is 4.79 Å². The van der Waals surface area contributed by atoms with Crippen LogP contribution in [0.25, 0.3) is 16.9 Å². The van der Waals surface area contributed by atoms with Gasteiger partial charge in [-0.1, -0.05) is 53.6 Å². The Bertz CT molecular complexity index is 1150. The van der Waals surface area contributed by atoms with Crippen LogP contribution in [-0.2, 0) is 0 Å². The number of amides is 1. The lowest BCUT2D eigenvalue weighted by molar-refractivity contribution is 0.102. The molecule has 3 heterocycles. The maximum atomic E-state index is 13.1. The highest BCUT2D eigenvalue weighted by Crippen LogP contribution is 2.26. The zero-order valence-corrected chi connectivity index (χ0v) is 15.7. The third-order valence-electron chi connectivity index (χ3n) is 4.26. The second-order valence-electron chi connectivity index (χ2n) is 6.41. The Morgan fingerprint density at radius 1 is 0.963 bits per heavy atom. The molecule has 1 aromatic carbocycles. The van der Waals surface area contributed by atoms with Crippen molar-refractivity contribution in [3.05, 3.63) is 82.8 Å². The second kappa shape index (κ2) is 6.85. The average Bonchev–Trinajstić information content (AvgIpc) is 3.01. The summed E-state index contributed by atoms with van der Waals surface area (Å²) in [5.41, 5.74) is 4.85. The molecular weight excluding hydrogens is 360 g/mol. The number of imidazole rings is 1. The Morgan fingerprint density at radius 2 is 1.70 bits per heavy atom. The monoisotopic (exact) mass is 376 g/mol. The van der Waals surface area contributed by atoms with Crippen LogP contribution in [-0.4, -0.2) is 20.3 Å². The first-order chi connectivity index (χ1) is 13.0. The molecule has 27 heavy (non-hydrogen) atoms. The third kappa shape index (κ3) is 3.41. The van der Waals surface area contributed by atoms with E-state index < -0.39 is 0 Å². The molecule has 0 aliphatic carbocycles. The summed E-state index contributed by atoms with van der Waals surface area (Å²) >= 11 is 5.93. The molecule has 4 aromatic rings. The minimum atomic E-state index is -0.293. The summed E-state index contributed by atoms with van der Waals surface area (Å²) in [6.07, 6.45) is 1.90. The Kier molecular flexibility index (Phi) is 4.38. The minimum absolute atomic E-state index is 0.293. The van der Waals surface area contributed by atoms with Gasteiger partial charge in [0.15, 0.2) is 0 Å². The van der Waals surface area contributed by atoms with Crippen LogP contribution < -0.4 is 5.32 Å². The summed E-state index contributed by atoms with van der Waals surface area (Å²) in [6, 6.07) is 16.9. The van der Waals surface area contributed by atoms with Gasteiger partial charge in [-0.25, -0.2) is 9.97 Å². The number of hydrogen-bond donors (Lipinski definition) is 1. The standard InChI is InChI=1S/C21H17ClN4O/c1-13-6-9-15(10-7-13)19-20(26-12-14(2)8-11-18(26)25-19)21(27)24-17-5-3-4-16(22)23-17/h3-12H,1-2H3,(H,23,24,27). The van der Waals surface area contributed by atoms with Crippen LogP contribution in [0.15, 0.2) is 60.8 Å². The number of anilines is 1. The molecular formula is C21H17ClN4O. The molecule has 0 fully saturated rings. The van der Waals surface area contributed by atoms with Crippen LogP contribution in [0.1, 0.15) is 21.6 Å². The van der Waals surface area contributed by atoms with Gasteiger partial charge in [0.2, 0.25) is 0 Å². The Hall–Kier alpha value is -3.18. The van der Waals surface area contributed by atoms with Crippen LogP contribution in [0.5, 0.6) is 0 Å². The number of nitrogens with one attached hydrogen (secondary N) is 1. The summed E-state index contributed by atoms with van der Waals surface area (Å²) in [5.74, 6) is 0.100. The van der Waals surface area contributed by atoms with Crippen molar-refractivity contribution in [3.8, 4) is 11.3 Å². The molecule has 0 radical (unpaired) electrons. The molecule has 0 saturated carbocycles. The zero-order valence-electron chi connectivity index (χ0n) is 14.9. The number of fused-ring (bicyclic) bond motifs is 1. The number of nitrogens with zero attached hydrogens (tertiary/aromatic N) is 3. The van der Waals surface area contributed by atoms with Crippen molar-refractivity contribution >= 4 is 29.0 Å². The summed E-state index contributed by atoms with van der Waals surface area (Å²) < 4.78 is 1.81. The number of rotatable bonds is 3. The van der Waals surface area contributed by atoms with Crippen LogP contribution in [0.3, 0.4) is 0 Å². The van der Waals surface area contributed by atoms with E-state index >= 15 is 0 Å². The van der Waals surface area contributed by atoms with Crippen LogP contribution in [0.4, 0.5) is 5.82 Å². The first-order valence-electron chi connectivity index (χ1n) is 8.51. The SMILES string of the molecule is Cc1ccc(-c2nc3ccc(C)cn3c2C(=O)Nc2cccc(Cl)n2)cc1. The Balaban J connectivity index is 1.86. The summed E-state index contributed by atoms with van der Waals surface area (Å²) in [5, 5.41) is 3.14. The maximum Gasteiger partial charge on any atom is 0.276 e. The van der Waals surface area contributed by atoms with Crippen LogP contribution in [0, 0.1) is 13.8 Å². The second-order valence-corrected chi connectivity index (χ2v) is 6.80. The summed E-state index contributed by atoms with van der Waals surface area (Å²) in [6.45, 7) is 4.00. The number of aryl methyl sites for hydroxylation is 2. The molecule has 1 amide bonds. The molecule has 6 heteroatoms. The molecule has 5 nitrogen and oxygen atoms in total. The van der Waals surface area contributed by atoms with E-state index in [-0.39, 0.29) is 5.91 Å². The van der Waals surface area contributed by atoms with E-state index in [1.54, 1.807) is 18.2 Å². The predicted molar refractivity (Wildman–Crippen MR) is 107 cm³/mol. The highest BCUT2D eigenvalue weighted by molar-refractivity contribution is 6.29. The molecule has 0 unspecified atom stereocenters. The van der Waals surface area contributed by atoms with Crippen molar-refractivity contribution in [2.24, 2.45) is 0 Å². The topological polar surface area (TPSA) is 59.3 Å². The lowest BCUT2D eigenvalue weighted by Crippen LogP contribution is -2.16. The highest BCUT2D eigenvalue weighted by atomic mass is 35.5. The maximum absolute atomic E-state index is 13.1. The van der Waals surface area contributed by atoms with Crippen LogP contribution in [0.2, 0.25) is 5.15 Å². The number of halogens is 1. The van der Waals surface area contributed by atoms with E-state index in [4.69, 9.17) is 11.6 Å². The van der Waals surface area contributed by atoms with Gasteiger partial charge in [0.25, 0.3) is 5.91 Å². The Morgan fingerprint density at radius 3 is 2.44 bits per heavy atom. The smallest absolute Gasteiger partial charge is 0.276 e. The first kappa shape index (κ1) is 17.2. The fourth-order valence-electron chi connectivity index (χ4n) is 2.93. The molecule has 0 saturated heterocycles. The van der Waals surface area contributed by atoms with Crippen molar-refractivity contribution in [2.45, 2.75) is 13.8 Å². The van der Waals surface area contributed by atoms with Gasteiger partial charge in [0, 0.05) is 11.8 Å². The lowest BCUT2D eigenvalue weighted by atomic mass is 10.1. The quantitative estimate of drug-likeness (QED) is 0.516. The molecule has 4 rings (SSSR count). The molecule has 0 spiro atoms. The number of hydrogen-bond acceptors (Lipinski definition) is 3. The highest BCUT2D eigenvalue weighted by Gasteiger charge is 2.21. The lowest BCUT2D eigenvalue weighted by Gasteiger charge is -2.08. The predicted octanol–water partition coefficient (Wildman–Crippen LogP) is 4.92. The van der Waals surface area contributed by atoms with Crippen molar-refractivity contribution in [1.82, 2.24) is 14.4 Å². The number of pyridine rings is 2. The normalized spacial score (nSPS) is 10.9. The van der Waals surface area contributed by atoms with Gasteiger partial charge in [-0.15, -0.1) is 0 Å². The molecule has 1 N–H and O–H groups in total. The molecule has 0 aliphatic rings. The van der Waals surface area contributed by atoms with E-state index in [9.17, 15) is 4.79 Å². The summed E-state index contributed by atoms with van der Waals surface area (Å²) in [7, 11) is 0. The number of carbonyl (C=O) groups is 1. The third-order valence-corrected chi connectivity index (χ3v) is 4.47. The zero-order chi connectivity index (χ0) is 19.0. The first-order valence-corrected chi connectivity index (χ1v) is 8.89. The molecule has 134 valence electrons. The van der Waals surface area contributed by atoms with E-state index in [2.05, 4.69) is 15.3 Å². The van der Waals surface area contributed by atoms with Crippen molar-refractivity contribution in [2.75, 3.05) is 5.32 Å². The van der Waals surface area contributed by atoms with Gasteiger partial charge in [0.1, 0.15) is 28.0 Å². The van der Waals surface area contributed by atoms with Crippen molar-refractivity contribution in [1.29, 1.82) is 0 Å². The van der Waals surface area contributed by atoms with Gasteiger partial charge >= 0.3 is 0 Å². The average molecular weight is 377 g/mol. The largest absolute Gasteiger partial charge is 0.305 e.